The minimum Gasteiger partial charge on any atom is -0.490 e. The SMILES string of the molecule is C=C=C1CCCO1.CC. The monoisotopic (exact) mass is 126 g/mol. The van der Waals surface area contributed by atoms with Gasteiger partial charge in [-0.05, 0) is 6.42 Å². The van der Waals surface area contributed by atoms with Gasteiger partial charge in [-0.15, -0.1) is 0 Å². The Morgan fingerprint density at radius 2 is 2.22 bits per heavy atom. The van der Waals surface area contributed by atoms with Crippen LogP contribution >= 0.6 is 0 Å². The molecule has 0 aromatic heterocycles. The summed E-state index contributed by atoms with van der Waals surface area (Å²) in [5, 5.41) is 0. The van der Waals surface area contributed by atoms with Crippen molar-refractivity contribution in [2.24, 2.45) is 0 Å². The largest absolute Gasteiger partial charge is 0.490 e. The van der Waals surface area contributed by atoms with E-state index in [1.165, 1.54) is 0 Å². The molecule has 1 heteroatoms. The van der Waals surface area contributed by atoms with Crippen molar-refractivity contribution in [2.75, 3.05) is 6.61 Å². The van der Waals surface area contributed by atoms with Gasteiger partial charge in [0.05, 0.1) is 6.61 Å². The number of rotatable bonds is 0. The first kappa shape index (κ1) is 8.32. The molecule has 0 bridgehead atoms. The summed E-state index contributed by atoms with van der Waals surface area (Å²) in [7, 11) is 0. The van der Waals surface area contributed by atoms with Gasteiger partial charge in [0.15, 0.2) is 0 Å². The Bertz CT molecular complexity index is 102. The fraction of sp³-hybridized carbons (Fsp3) is 0.625. The lowest BCUT2D eigenvalue weighted by Gasteiger charge is -1.87. The van der Waals surface area contributed by atoms with Crippen molar-refractivity contribution < 1.29 is 4.74 Å². The van der Waals surface area contributed by atoms with Crippen LogP contribution in [0.4, 0.5) is 0 Å². The Morgan fingerprint density at radius 3 is 2.44 bits per heavy atom. The van der Waals surface area contributed by atoms with Crippen LogP contribution in [-0.2, 0) is 4.74 Å². The molecular formula is C8H14O. The minimum atomic E-state index is 0.859. The van der Waals surface area contributed by atoms with Crippen LogP contribution in [-0.4, -0.2) is 6.61 Å². The average molecular weight is 126 g/mol. The first-order valence-electron chi connectivity index (χ1n) is 3.45. The molecule has 1 fully saturated rings. The standard InChI is InChI=1S/C6H8O.C2H6/c1-2-6-4-3-5-7-6;1-2/h1,3-5H2;1-2H3. The molecule has 1 aliphatic heterocycles. The molecular weight excluding hydrogens is 112 g/mol. The summed E-state index contributed by atoms with van der Waals surface area (Å²) in [6.07, 6.45) is 2.17. The molecule has 1 saturated heterocycles. The zero-order valence-electron chi connectivity index (χ0n) is 6.24. The number of hydrogen-bond acceptors (Lipinski definition) is 1. The summed E-state index contributed by atoms with van der Waals surface area (Å²) in [5.41, 5.74) is 2.71. The van der Waals surface area contributed by atoms with Crippen molar-refractivity contribution in [1.29, 1.82) is 0 Å². The van der Waals surface area contributed by atoms with E-state index in [2.05, 4.69) is 12.3 Å². The molecule has 0 atom stereocenters. The summed E-state index contributed by atoms with van der Waals surface area (Å²) in [4.78, 5) is 0. The van der Waals surface area contributed by atoms with Crippen molar-refractivity contribution in [1.82, 2.24) is 0 Å². The Hall–Kier alpha value is -0.680. The van der Waals surface area contributed by atoms with Gasteiger partial charge in [0.2, 0.25) is 0 Å². The van der Waals surface area contributed by atoms with E-state index in [4.69, 9.17) is 4.74 Å². The highest BCUT2D eigenvalue weighted by Gasteiger charge is 2.03. The molecule has 0 N–H and O–H groups in total. The summed E-state index contributed by atoms with van der Waals surface area (Å²) in [6, 6.07) is 0. The number of allylic oxidation sites excluding steroid dienone is 1. The molecule has 1 nitrogen and oxygen atoms in total. The van der Waals surface area contributed by atoms with Gasteiger partial charge in [-0.1, -0.05) is 26.2 Å². The molecule has 0 saturated carbocycles. The smallest absolute Gasteiger partial charge is 0.138 e. The van der Waals surface area contributed by atoms with Crippen LogP contribution < -0.4 is 0 Å². The fourth-order valence-corrected chi connectivity index (χ4v) is 0.640. The first-order valence-corrected chi connectivity index (χ1v) is 3.45. The van der Waals surface area contributed by atoms with Crippen LogP contribution in [0.5, 0.6) is 0 Å². The third kappa shape index (κ3) is 2.99. The zero-order valence-corrected chi connectivity index (χ0v) is 6.24. The molecule has 0 aliphatic carbocycles. The topological polar surface area (TPSA) is 9.23 Å². The van der Waals surface area contributed by atoms with E-state index in [1.54, 1.807) is 0 Å². The number of ether oxygens (including phenoxy) is 1. The maximum Gasteiger partial charge on any atom is 0.138 e. The Labute approximate surface area is 57.0 Å². The van der Waals surface area contributed by atoms with Crippen LogP contribution in [0.1, 0.15) is 26.7 Å². The highest BCUT2D eigenvalue weighted by Crippen LogP contribution is 2.12. The van der Waals surface area contributed by atoms with Crippen LogP contribution in [0.25, 0.3) is 0 Å². The van der Waals surface area contributed by atoms with Gasteiger partial charge < -0.3 is 4.74 Å². The van der Waals surface area contributed by atoms with Crippen molar-refractivity contribution in [3.05, 3.63) is 18.1 Å². The van der Waals surface area contributed by atoms with Crippen LogP contribution in [0.3, 0.4) is 0 Å². The second-order valence-electron chi connectivity index (χ2n) is 1.55. The van der Waals surface area contributed by atoms with Gasteiger partial charge in [-0.25, -0.2) is 0 Å². The van der Waals surface area contributed by atoms with Crippen LogP contribution in [0.2, 0.25) is 0 Å². The highest BCUT2D eigenvalue weighted by molar-refractivity contribution is 4.92. The Morgan fingerprint density at radius 1 is 1.56 bits per heavy atom. The van der Waals surface area contributed by atoms with Gasteiger partial charge >= 0.3 is 0 Å². The first-order chi connectivity index (χ1) is 4.43. The second kappa shape index (κ2) is 5.46. The normalized spacial score (nSPS) is 15.1. The van der Waals surface area contributed by atoms with Gasteiger partial charge in [-0.3, -0.25) is 0 Å². The molecule has 9 heavy (non-hydrogen) atoms. The quantitative estimate of drug-likeness (QED) is 0.453. The Balaban J connectivity index is 0.000000291. The van der Waals surface area contributed by atoms with Crippen molar-refractivity contribution >= 4 is 0 Å². The summed E-state index contributed by atoms with van der Waals surface area (Å²) < 4.78 is 5.05. The number of hydrogen-bond donors (Lipinski definition) is 0. The van der Waals surface area contributed by atoms with Gasteiger partial charge in [0.25, 0.3) is 0 Å². The van der Waals surface area contributed by atoms with E-state index in [9.17, 15) is 0 Å². The molecule has 1 heterocycles. The zero-order chi connectivity index (χ0) is 7.11. The molecule has 0 amide bonds. The van der Waals surface area contributed by atoms with Gasteiger partial charge in [0, 0.05) is 6.42 Å². The summed E-state index contributed by atoms with van der Waals surface area (Å²) in [6.45, 7) is 8.31. The van der Waals surface area contributed by atoms with E-state index in [0.717, 1.165) is 25.2 Å². The van der Waals surface area contributed by atoms with Gasteiger partial charge in [0.1, 0.15) is 5.76 Å². The predicted molar refractivity (Wildman–Crippen MR) is 39.2 cm³/mol. The average Bonchev–Trinajstić information content (AvgIpc) is 2.43. The van der Waals surface area contributed by atoms with Crippen LogP contribution in [0, 0.1) is 0 Å². The van der Waals surface area contributed by atoms with E-state index < -0.39 is 0 Å². The molecule has 0 spiro atoms. The van der Waals surface area contributed by atoms with Crippen molar-refractivity contribution in [3.8, 4) is 0 Å². The molecule has 1 rings (SSSR count). The lowest BCUT2D eigenvalue weighted by molar-refractivity contribution is 0.264. The molecule has 0 aromatic rings. The summed E-state index contributed by atoms with van der Waals surface area (Å²) >= 11 is 0. The highest BCUT2D eigenvalue weighted by atomic mass is 16.5. The van der Waals surface area contributed by atoms with E-state index in [-0.39, 0.29) is 0 Å². The molecule has 1 aliphatic rings. The van der Waals surface area contributed by atoms with E-state index >= 15 is 0 Å². The summed E-state index contributed by atoms with van der Waals surface area (Å²) in [5.74, 6) is 0.931. The third-order valence-corrected chi connectivity index (χ3v) is 1.02. The molecule has 52 valence electrons. The maximum atomic E-state index is 5.05. The lowest BCUT2D eigenvalue weighted by Crippen LogP contribution is -1.73. The van der Waals surface area contributed by atoms with Crippen LogP contribution in [0.15, 0.2) is 18.1 Å². The lowest BCUT2D eigenvalue weighted by atomic mass is 10.3. The van der Waals surface area contributed by atoms with Crippen molar-refractivity contribution in [2.45, 2.75) is 26.7 Å². The van der Waals surface area contributed by atoms with E-state index in [1.807, 2.05) is 13.8 Å². The molecule has 0 radical (unpaired) electrons. The fourth-order valence-electron chi connectivity index (χ4n) is 0.640. The molecule has 0 aromatic carbocycles. The molecule has 0 unspecified atom stereocenters. The Kier molecular flexibility index (Phi) is 5.04. The third-order valence-electron chi connectivity index (χ3n) is 1.02. The van der Waals surface area contributed by atoms with Gasteiger partial charge in [-0.2, -0.15) is 0 Å². The maximum absolute atomic E-state index is 5.05. The minimum absolute atomic E-state index is 0.859. The van der Waals surface area contributed by atoms with E-state index in [0.29, 0.717) is 0 Å². The second-order valence-corrected chi connectivity index (χ2v) is 1.55. The van der Waals surface area contributed by atoms with Crippen molar-refractivity contribution in [3.63, 3.8) is 0 Å². The predicted octanol–water partition coefficient (Wildman–Crippen LogP) is 2.49.